The first-order valence-corrected chi connectivity index (χ1v) is 4.51. The number of piperazine rings is 1. The highest BCUT2D eigenvalue weighted by Gasteiger charge is 2.22. The van der Waals surface area contributed by atoms with Crippen LogP contribution < -0.4 is 5.73 Å². The normalized spacial score (nSPS) is 27.8. The summed E-state index contributed by atoms with van der Waals surface area (Å²) in [7, 11) is 2.11. The first-order chi connectivity index (χ1) is 5.77. The van der Waals surface area contributed by atoms with E-state index < -0.39 is 0 Å². The molecule has 0 aliphatic carbocycles. The van der Waals surface area contributed by atoms with Crippen molar-refractivity contribution in [3.05, 3.63) is 0 Å². The van der Waals surface area contributed by atoms with Gasteiger partial charge in [-0.3, -0.25) is 4.90 Å². The fraction of sp³-hybridized carbons (Fsp3) is 1.00. The van der Waals surface area contributed by atoms with Crippen molar-refractivity contribution in [3.8, 4) is 0 Å². The fourth-order valence-electron chi connectivity index (χ4n) is 1.69. The third-order valence-corrected chi connectivity index (χ3v) is 2.47. The largest absolute Gasteiger partial charge is 0.395 e. The fourth-order valence-corrected chi connectivity index (χ4v) is 1.69. The Morgan fingerprint density at radius 3 is 2.83 bits per heavy atom. The number of nitrogens with zero attached hydrogens (tertiary/aromatic N) is 2. The molecular weight excluding hydrogens is 154 g/mol. The predicted molar refractivity (Wildman–Crippen MR) is 49.0 cm³/mol. The van der Waals surface area contributed by atoms with Crippen LogP contribution in [0, 0.1) is 0 Å². The van der Waals surface area contributed by atoms with Gasteiger partial charge in [-0.2, -0.15) is 0 Å². The van der Waals surface area contributed by atoms with Crippen molar-refractivity contribution < 1.29 is 5.11 Å². The minimum absolute atomic E-state index is 0.236. The molecule has 4 nitrogen and oxygen atoms in total. The molecule has 4 heteroatoms. The third kappa shape index (κ3) is 2.42. The topological polar surface area (TPSA) is 52.7 Å². The molecule has 0 aromatic carbocycles. The number of hydrogen-bond donors (Lipinski definition) is 2. The number of β-amino-alcohol motifs (C(OH)–C–C–N with tert-alkyl or cyclic N) is 1. The van der Waals surface area contributed by atoms with Crippen LogP contribution in [0.4, 0.5) is 0 Å². The lowest BCUT2D eigenvalue weighted by Crippen LogP contribution is -2.55. The van der Waals surface area contributed by atoms with Crippen molar-refractivity contribution in [1.29, 1.82) is 0 Å². The van der Waals surface area contributed by atoms with E-state index in [0.29, 0.717) is 12.6 Å². The summed E-state index contributed by atoms with van der Waals surface area (Å²) in [6.45, 7) is 4.81. The van der Waals surface area contributed by atoms with Crippen molar-refractivity contribution >= 4 is 0 Å². The Labute approximate surface area is 73.9 Å². The van der Waals surface area contributed by atoms with Gasteiger partial charge in [-0.1, -0.05) is 0 Å². The van der Waals surface area contributed by atoms with Gasteiger partial charge in [0.15, 0.2) is 0 Å². The number of rotatable bonds is 3. The van der Waals surface area contributed by atoms with Gasteiger partial charge in [0.25, 0.3) is 0 Å². The highest BCUT2D eigenvalue weighted by molar-refractivity contribution is 4.80. The molecule has 72 valence electrons. The molecular formula is C8H19N3O. The summed E-state index contributed by atoms with van der Waals surface area (Å²) in [5, 5.41) is 8.80. The minimum Gasteiger partial charge on any atom is -0.395 e. The Morgan fingerprint density at radius 1 is 1.50 bits per heavy atom. The molecule has 1 aliphatic rings. The first kappa shape index (κ1) is 9.92. The van der Waals surface area contributed by atoms with Gasteiger partial charge < -0.3 is 15.7 Å². The van der Waals surface area contributed by atoms with Gasteiger partial charge in [0.05, 0.1) is 6.61 Å². The van der Waals surface area contributed by atoms with Gasteiger partial charge in [0, 0.05) is 38.8 Å². The number of aliphatic hydroxyl groups excluding tert-OH is 1. The minimum atomic E-state index is 0.236. The second kappa shape index (κ2) is 4.77. The number of aliphatic hydroxyl groups is 1. The molecule has 3 N–H and O–H groups in total. The molecule has 1 fully saturated rings. The van der Waals surface area contributed by atoms with Crippen molar-refractivity contribution in [3.63, 3.8) is 0 Å². The van der Waals surface area contributed by atoms with E-state index in [-0.39, 0.29) is 6.61 Å². The Kier molecular flexibility index (Phi) is 3.94. The molecule has 1 heterocycles. The summed E-state index contributed by atoms with van der Waals surface area (Å²) in [6, 6.07) is 0.427. The molecule has 1 unspecified atom stereocenters. The van der Waals surface area contributed by atoms with Gasteiger partial charge in [0.2, 0.25) is 0 Å². The summed E-state index contributed by atoms with van der Waals surface area (Å²) in [5.41, 5.74) is 5.64. The van der Waals surface area contributed by atoms with Crippen molar-refractivity contribution in [1.82, 2.24) is 9.80 Å². The van der Waals surface area contributed by atoms with Crippen LogP contribution in [0.2, 0.25) is 0 Å². The lowest BCUT2D eigenvalue weighted by molar-refractivity contribution is 0.0770. The van der Waals surface area contributed by atoms with Crippen LogP contribution >= 0.6 is 0 Å². The molecule has 0 spiro atoms. The molecule has 1 aliphatic heterocycles. The van der Waals surface area contributed by atoms with E-state index in [1.807, 2.05) is 0 Å². The first-order valence-electron chi connectivity index (χ1n) is 4.51. The van der Waals surface area contributed by atoms with Crippen molar-refractivity contribution in [2.45, 2.75) is 6.04 Å². The zero-order valence-corrected chi connectivity index (χ0v) is 7.74. The van der Waals surface area contributed by atoms with Crippen LogP contribution in [0.25, 0.3) is 0 Å². The van der Waals surface area contributed by atoms with E-state index in [1.54, 1.807) is 0 Å². The van der Waals surface area contributed by atoms with E-state index in [4.69, 9.17) is 10.8 Å². The highest BCUT2D eigenvalue weighted by Crippen LogP contribution is 2.05. The van der Waals surface area contributed by atoms with Gasteiger partial charge in [-0.25, -0.2) is 0 Å². The zero-order valence-electron chi connectivity index (χ0n) is 7.74. The predicted octanol–water partition coefficient (Wildman–Crippen LogP) is -1.45. The van der Waals surface area contributed by atoms with E-state index in [0.717, 1.165) is 26.2 Å². The molecule has 0 aromatic heterocycles. The maximum absolute atomic E-state index is 8.80. The molecule has 0 saturated carbocycles. The standard InChI is InChI=1S/C8H19N3O/c1-10-2-3-11(4-5-12)8(6-9)7-10/h8,12H,2-7,9H2,1H3. The lowest BCUT2D eigenvalue weighted by atomic mass is 10.2. The van der Waals surface area contributed by atoms with E-state index in [9.17, 15) is 0 Å². The summed E-state index contributed by atoms with van der Waals surface area (Å²) < 4.78 is 0. The van der Waals surface area contributed by atoms with Crippen LogP contribution in [0.5, 0.6) is 0 Å². The molecule has 0 radical (unpaired) electrons. The number of nitrogens with two attached hydrogens (primary N) is 1. The Balaban J connectivity index is 2.39. The summed E-state index contributed by atoms with van der Waals surface area (Å²) in [6.07, 6.45) is 0. The number of hydrogen-bond acceptors (Lipinski definition) is 4. The Morgan fingerprint density at radius 2 is 2.25 bits per heavy atom. The van der Waals surface area contributed by atoms with Crippen LogP contribution in [-0.2, 0) is 0 Å². The second-order valence-electron chi connectivity index (χ2n) is 3.41. The van der Waals surface area contributed by atoms with Gasteiger partial charge in [-0.15, -0.1) is 0 Å². The van der Waals surface area contributed by atoms with Crippen LogP contribution in [-0.4, -0.2) is 67.3 Å². The van der Waals surface area contributed by atoms with Crippen molar-refractivity contribution in [2.75, 3.05) is 46.4 Å². The smallest absolute Gasteiger partial charge is 0.0558 e. The summed E-state index contributed by atoms with van der Waals surface area (Å²) in [5.74, 6) is 0. The molecule has 1 saturated heterocycles. The Bertz CT molecular complexity index is 131. The monoisotopic (exact) mass is 173 g/mol. The van der Waals surface area contributed by atoms with Gasteiger partial charge in [-0.05, 0) is 7.05 Å². The lowest BCUT2D eigenvalue weighted by Gasteiger charge is -2.39. The molecule has 1 atom stereocenters. The van der Waals surface area contributed by atoms with Gasteiger partial charge >= 0.3 is 0 Å². The quantitative estimate of drug-likeness (QED) is 0.548. The van der Waals surface area contributed by atoms with Crippen molar-refractivity contribution in [2.24, 2.45) is 5.73 Å². The third-order valence-electron chi connectivity index (χ3n) is 2.47. The molecule has 12 heavy (non-hydrogen) atoms. The molecule has 0 aromatic rings. The zero-order chi connectivity index (χ0) is 8.97. The molecule has 1 rings (SSSR count). The number of likely N-dealkylation sites (N-methyl/N-ethyl adjacent to an activating group) is 1. The highest BCUT2D eigenvalue weighted by atomic mass is 16.3. The average molecular weight is 173 g/mol. The second-order valence-corrected chi connectivity index (χ2v) is 3.41. The Hall–Kier alpha value is -0.160. The maximum atomic E-state index is 8.80. The van der Waals surface area contributed by atoms with Gasteiger partial charge in [0.1, 0.15) is 0 Å². The SMILES string of the molecule is CN1CCN(CCO)C(CN)C1. The van der Waals surface area contributed by atoms with Crippen LogP contribution in [0.1, 0.15) is 0 Å². The molecule has 0 amide bonds. The van der Waals surface area contributed by atoms with E-state index in [1.165, 1.54) is 0 Å². The van der Waals surface area contributed by atoms with E-state index in [2.05, 4.69) is 16.8 Å². The maximum Gasteiger partial charge on any atom is 0.0558 e. The van der Waals surface area contributed by atoms with E-state index >= 15 is 0 Å². The summed E-state index contributed by atoms with van der Waals surface area (Å²) >= 11 is 0. The summed E-state index contributed by atoms with van der Waals surface area (Å²) in [4.78, 5) is 4.55. The van der Waals surface area contributed by atoms with Crippen LogP contribution in [0.15, 0.2) is 0 Å². The average Bonchev–Trinajstić information content (AvgIpc) is 2.08. The molecule has 0 bridgehead atoms. The van der Waals surface area contributed by atoms with Crippen LogP contribution in [0.3, 0.4) is 0 Å².